The number of ether oxygens (including phenoxy) is 2. The second-order valence-corrected chi connectivity index (χ2v) is 17.5. The van der Waals surface area contributed by atoms with Crippen LogP contribution in [0.25, 0.3) is 21.8 Å². The molecule has 5 heterocycles. The number of carbonyl (C=O) groups excluding carboxylic acids is 5. The summed E-state index contributed by atoms with van der Waals surface area (Å²) in [6, 6.07) is 18.1. The summed E-state index contributed by atoms with van der Waals surface area (Å²) in [5, 5.41) is 25.9. The molecule has 3 atom stereocenters. The molecule has 0 radical (unpaired) electrons. The van der Waals surface area contributed by atoms with E-state index in [4.69, 9.17) is 9.47 Å². The van der Waals surface area contributed by atoms with Crippen LogP contribution in [-0.2, 0) is 25.7 Å². The zero-order chi connectivity index (χ0) is 45.5. The molecule has 18 nitrogen and oxygen atoms in total. The number of nitrogens with zero attached hydrogens (tertiary/aromatic N) is 6. The highest BCUT2D eigenvalue weighted by Crippen LogP contribution is 2.32. The molecule has 0 bridgehead atoms. The molecule has 0 spiro atoms. The number of methoxy groups -OCH3 is 1. The van der Waals surface area contributed by atoms with E-state index in [1.165, 1.54) is 16.9 Å². The summed E-state index contributed by atoms with van der Waals surface area (Å²) >= 11 is 1.56. The fourth-order valence-corrected chi connectivity index (χ4v) is 8.44. The third-order valence-corrected chi connectivity index (χ3v) is 12.1. The Kier molecular flexibility index (Phi) is 13.9. The van der Waals surface area contributed by atoms with Crippen molar-refractivity contribution in [1.82, 2.24) is 40.6 Å². The predicted molar refractivity (Wildman–Crippen MR) is 240 cm³/mol. The number of aliphatic hydroxyl groups is 1. The lowest BCUT2D eigenvalue weighted by Gasteiger charge is -2.36. The van der Waals surface area contributed by atoms with Crippen LogP contribution >= 0.6 is 11.3 Å². The first-order valence-corrected chi connectivity index (χ1v) is 21.7. The van der Waals surface area contributed by atoms with Crippen molar-refractivity contribution in [3.05, 3.63) is 95.4 Å². The van der Waals surface area contributed by atoms with Gasteiger partial charge in [-0.05, 0) is 53.8 Å². The molecule has 0 aliphatic carbocycles. The van der Waals surface area contributed by atoms with E-state index in [0.29, 0.717) is 49.0 Å². The summed E-state index contributed by atoms with van der Waals surface area (Å²) in [5.41, 5.74) is 6.61. The second-order valence-electron chi connectivity index (χ2n) is 16.7. The van der Waals surface area contributed by atoms with E-state index in [9.17, 15) is 29.1 Å². The number of hydrogen-bond acceptors (Lipinski definition) is 13. The van der Waals surface area contributed by atoms with Crippen molar-refractivity contribution < 1.29 is 38.6 Å². The van der Waals surface area contributed by atoms with E-state index < -0.39 is 59.9 Å². The number of thiazole rings is 1. The van der Waals surface area contributed by atoms with Crippen molar-refractivity contribution in [2.45, 2.75) is 58.8 Å². The molecule has 5 aromatic rings. The number of H-pyrrole nitrogens is 1. The van der Waals surface area contributed by atoms with E-state index in [1.807, 2.05) is 37.3 Å². The Balaban J connectivity index is 0.883. The number of rotatable bonds is 13. The molecule has 5 N–H and O–H groups in total. The fourth-order valence-electron chi connectivity index (χ4n) is 7.62. The minimum Gasteiger partial charge on any atom is -0.494 e. The molecule has 64 heavy (non-hydrogen) atoms. The summed E-state index contributed by atoms with van der Waals surface area (Å²) < 4.78 is 11.0. The molecular formula is C45H52N10O8S. The van der Waals surface area contributed by atoms with Crippen molar-refractivity contribution >= 4 is 52.4 Å². The maximum Gasteiger partial charge on any atom is 0.410 e. The maximum atomic E-state index is 14.0. The van der Waals surface area contributed by atoms with Gasteiger partial charge in [-0.2, -0.15) is 5.10 Å². The molecule has 2 aliphatic heterocycles. The molecule has 19 heteroatoms. The number of aliphatic hydroxyl groups excluding tert-OH is 1. The van der Waals surface area contributed by atoms with Gasteiger partial charge >= 0.3 is 6.09 Å². The lowest BCUT2D eigenvalue weighted by atomic mass is 9.85. The van der Waals surface area contributed by atoms with Crippen molar-refractivity contribution in [2.75, 3.05) is 56.7 Å². The Morgan fingerprint density at radius 3 is 2.44 bits per heavy atom. The first kappa shape index (κ1) is 45.2. The van der Waals surface area contributed by atoms with Gasteiger partial charge in [0.25, 0.3) is 11.8 Å². The van der Waals surface area contributed by atoms with Crippen LogP contribution in [0.3, 0.4) is 0 Å². The van der Waals surface area contributed by atoms with E-state index in [1.54, 1.807) is 80.2 Å². The highest BCUT2D eigenvalue weighted by Gasteiger charge is 2.44. The first-order valence-electron chi connectivity index (χ1n) is 20.9. The monoisotopic (exact) mass is 892 g/mol. The molecule has 3 aromatic heterocycles. The Morgan fingerprint density at radius 2 is 1.77 bits per heavy atom. The number of nitrogens with one attached hydrogen (secondary N) is 4. The lowest BCUT2D eigenvalue weighted by molar-refractivity contribution is -0.144. The highest BCUT2D eigenvalue weighted by atomic mass is 32.1. The van der Waals surface area contributed by atoms with Crippen LogP contribution in [0.15, 0.2) is 78.4 Å². The number of aromatic amines is 1. The van der Waals surface area contributed by atoms with Gasteiger partial charge in [0.15, 0.2) is 6.61 Å². The van der Waals surface area contributed by atoms with Crippen LogP contribution in [0.1, 0.15) is 48.9 Å². The summed E-state index contributed by atoms with van der Waals surface area (Å²) in [5.74, 6) is -1.59. The Bertz CT molecular complexity index is 2460. The van der Waals surface area contributed by atoms with Crippen LogP contribution in [0.2, 0.25) is 0 Å². The van der Waals surface area contributed by atoms with Gasteiger partial charge in [-0.1, -0.05) is 51.1 Å². The number of benzene rings is 2. The quantitative estimate of drug-likeness (QED) is 0.112. The highest BCUT2D eigenvalue weighted by molar-refractivity contribution is 7.13. The van der Waals surface area contributed by atoms with Crippen LogP contribution in [0.5, 0.6) is 5.75 Å². The number of carbonyl (C=O) groups is 5. The Labute approximate surface area is 374 Å². The van der Waals surface area contributed by atoms with Crippen LogP contribution in [-0.4, -0.2) is 129 Å². The topological polar surface area (TPSA) is 224 Å². The summed E-state index contributed by atoms with van der Waals surface area (Å²) in [4.78, 5) is 81.7. The summed E-state index contributed by atoms with van der Waals surface area (Å²) in [6.45, 7) is 8.34. The lowest BCUT2D eigenvalue weighted by Crippen LogP contribution is -2.58. The number of β-amino-alcohol motifs (C(OH)–C–C–N with tert-alkyl or cyclic N) is 1. The SMILES string of the molecule is COc1cc(N2CCN(C(=O)OCC(=O)N[C@H](C(=O)N3C[C@H](O)C[C@H]3C(=O)NCc3ccc(-c4scnc4C)cc3)C(C)(C)C)CC2)ccc1NC(=O)c1cccc(-c2ccn[nH]2)n1. The number of hydrogen-bond donors (Lipinski definition) is 5. The van der Waals surface area contributed by atoms with Crippen molar-refractivity contribution in [3.63, 3.8) is 0 Å². The number of pyridine rings is 1. The number of piperazine rings is 1. The van der Waals surface area contributed by atoms with E-state index in [-0.39, 0.29) is 25.2 Å². The summed E-state index contributed by atoms with van der Waals surface area (Å²) in [7, 11) is 1.51. The third-order valence-electron chi connectivity index (χ3n) is 11.1. The van der Waals surface area contributed by atoms with Gasteiger partial charge in [0.2, 0.25) is 11.8 Å². The van der Waals surface area contributed by atoms with E-state index >= 15 is 0 Å². The maximum absolute atomic E-state index is 14.0. The normalized spacial score (nSPS) is 16.8. The zero-order valence-electron chi connectivity index (χ0n) is 36.3. The molecule has 0 saturated carbocycles. The van der Waals surface area contributed by atoms with Crippen molar-refractivity contribution in [3.8, 4) is 27.6 Å². The minimum atomic E-state index is -1.09. The number of anilines is 2. The summed E-state index contributed by atoms with van der Waals surface area (Å²) in [6.07, 6.45) is 0.0577. The standard InChI is InChI=1S/C45H52N10O8S/c1-27-39(64-26-47-27)29-11-9-28(10-12-29)23-46-42(59)36-22-31(56)24-55(36)43(60)40(45(2,3)4)51-38(57)25-63-44(61)54-19-17-53(18-20-54)30-13-14-34(37(21-30)62-5)50-41(58)35-8-6-7-32(49-35)33-15-16-48-52-33/h6-16,21,26,31,36,40,56H,17-20,22-25H2,1-5H3,(H,46,59)(H,48,52)(H,50,58)(H,51,57)/t31-,36+,40-/m1/s1. The minimum absolute atomic E-state index is 0.0511. The van der Waals surface area contributed by atoms with Gasteiger partial charge < -0.3 is 45.2 Å². The van der Waals surface area contributed by atoms with Crippen LogP contribution in [0.4, 0.5) is 16.2 Å². The van der Waals surface area contributed by atoms with E-state index in [0.717, 1.165) is 27.4 Å². The number of likely N-dealkylation sites (tertiary alicyclic amines) is 1. The average Bonchev–Trinajstić information content (AvgIpc) is 4.08. The first-order chi connectivity index (χ1) is 30.7. The van der Waals surface area contributed by atoms with Gasteiger partial charge in [-0.25, -0.2) is 14.8 Å². The molecule has 0 unspecified atom stereocenters. The molecule has 2 fully saturated rings. The average molecular weight is 893 g/mol. The molecule has 2 aromatic carbocycles. The van der Waals surface area contributed by atoms with Gasteiger partial charge in [-0.15, -0.1) is 11.3 Å². The van der Waals surface area contributed by atoms with Gasteiger partial charge in [0.05, 0.1) is 46.4 Å². The third kappa shape index (κ3) is 10.7. The second kappa shape index (κ2) is 19.7. The number of aryl methyl sites for hydroxylation is 1. The predicted octanol–water partition coefficient (Wildman–Crippen LogP) is 4.23. The Hall–Kier alpha value is -6.86. The zero-order valence-corrected chi connectivity index (χ0v) is 37.1. The largest absolute Gasteiger partial charge is 0.494 e. The van der Waals surface area contributed by atoms with E-state index in [2.05, 4.69) is 41.0 Å². The smallest absolute Gasteiger partial charge is 0.410 e. The number of amides is 5. The molecule has 5 amide bonds. The molecule has 2 aliphatic rings. The number of aromatic nitrogens is 4. The Morgan fingerprint density at radius 1 is 1.00 bits per heavy atom. The molecule has 7 rings (SSSR count). The van der Waals surface area contributed by atoms with Crippen LogP contribution < -0.4 is 25.6 Å². The van der Waals surface area contributed by atoms with Gasteiger partial charge in [0.1, 0.15) is 23.5 Å². The van der Waals surface area contributed by atoms with Crippen LogP contribution in [0, 0.1) is 12.3 Å². The van der Waals surface area contributed by atoms with Crippen molar-refractivity contribution in [2.24, 2.45) is 5.41 Å². The van der Waals surface area contributed by atoms with Gasteiger partial charge in [-0.3, -0.25) is 24.3 Å². The molecular weight excluding hydrogens is 841 g/mol. The molecule has 2 saturated heterocycles. The molecule has 336 valence electrons. The van der Waals surface area contributed by atoms with Crippen molar-refractivity contribution in [1.29, 1.82) is 0 Å². The van der Waals surface area contributed by atoms with Gasteiger partial charge in [0, 0.05) is 63.6 Å². The fraction of sp³-hybridized carbons (Fsp3) is 0.378.